The first-order chi connectivity index (χ1) is 12.1. The van der Waals surface area contributed by atoms with Crippen LogP contribution in [0.2, 0.25) is 0 Å². The average Bonchev–Trinajstić information content (AvgIpc) is 3.18. The molecule has 0 aromatic rings. The van der Waals surface area contributed by atoms with Gasteiger partial charge in [-0.2, -0.15) is 5.10 Å². The van der Waals surface area contributed by atoms with Crippen molar-refractivity contribution < 1.29 is 19.4 Å². The molecule has 0 aliphatic carbocycles. The molecule has 6 nitrogen and oxygen atoms in total. The van der Waals surface area contributed by atoms with E-state index in [1.165, 1.54) is 0 Å². The minimum absolute atomic E-state index is 0.126. The van der Waals surface area contributed by atoms with E-state index in [-0.39, 0.29) is 24.3 Å². The maximum atomic E-state index is 11.9. The van der Waals surface area contributed by atoms with Gasteiger partial charge < -0.3 is 9.84 Å². The molecule has 25 heavy (non-hydrogen) atoms. The minimum atomic E-state index is -0.738. The fourth-order valence-corrected chi connectivity index (χ4v) is 4.14. The Morgan fingerprint density at radius 3 is 2.92 bits per heavy atom. The molecule has 0 spiro atoms. The lowest BCUT2D eigenvalue weighted by Gasteiger charge is -2.26. The summed E-state index contributed by atoms with van der Waals surface area (Å²) in [4.78, 5) is 22.4. The van der Waals surface area contributed by atoms with Crippen molar-refractivity contribution in [3.63, 3.8) is 0 Å². The van der Waals surface area contributed by atoms with Gasteiger partial charge >= 0.3 is 5.97 Å². The van der Waals surface area contributed by atoms with E-state index in [4.69, 9.17) is 9.84 Å². The van der Waals surface area contributed by atoms with Crippen LogP contribution in [0.5, 0.6) is 0 Å². The van der Waals surface area contributed by atoms with Crippen LogP contribution in [0.25, 0.3) is 0 Å². The number of hydrogen-bond donors (Lipinski definition) is 1. The van der Waals surface area contributed by atoms with Crippen LogP contribution in [0, 0.1) is 11.8 Å². The molecular formula is C19H28N2O4. The average molecular weight is 348 g/mol. The number of hydrazone groups is 1. The standard InChI is InChI=1S/C19H28N2O4/c22-18-8-5-6-12-21(18)20-13-15-14(16-10-11-17(15)25-16)7-3-1-2-4-9-19(23)24/h1,3,13-17H,2,4-12H2,(H,23,24)/t14-,15-,16-,17+/m1/s1. The highest BCUT2D eigenvalue weighted by Gasteiger charge is 2.47. The Morgan fingerprint density at radius 1 is 1.28 bits per heavy atom. The molecular weight excluding hydrogens is 320 g/mol. The lowest BCUT2D eigenvalue weighted by molar-refractivity contribution is -0.137. The van der Waals surface area contributed by atoms with Crippen molar-refractivity contribution in [2.75, 3.05) is 6.54 Å². The molecule has 1 amide bonds. The lowest BCUT2D eigenvalue weighted by Crippen LogP contribution is -2.33. The van der Waals surface area contributed by atoms with Gasteiger partial charge in [0, 0.05) is 31.5 Å². The normalized spacial score (nSPS) is 32.3. The molecule has 0 saturated carbocycles. The summed E-state index contributed by atoms with van der Waals surface area (Å²) in [5.41, 5.74) is 0. The van der Waals surface area contributed by atoms with Crippen LogP contribution in [0.4, 0.5) is 0 Å². The van der Waals surface area contributed by atoms with Crippen LogP contribution in [0.1, 0.15) is 57.8 Å². The first-order valence-corrected chi connectivity index (χ1v) is 9.52. The number of nitrogens with zero attached hydrogens (tertiary/aromatic N) is 2. The fourth-order valence-electron chi connectivity index (χ4n) is 4.14. The molecule has 0 unspecified atom stereocenters. The number of carboxylic acids is 1. The van der Waals surface area contributed by atoms with Crippen LogP contribution in [0.3, 0.4) is 0 Å². The highest BCUT2D eigenvalue weighted by atomic mass is 16.5. The smallest absolute Gasteiger partial charge is 0.303 e. The number of unbranched alkanes of at least 4 members (excludes halogenated alkanes) is 1. The summed E-state index contributed by atoms with van der Waals surface area (Å²) in [5, 5.41) is 14.8. The molecule has 2 bridgehead atoms. The van der Waals surface area contributed by atoms with Gasteiger partial charge in [0.1, 0.15) is 0 Å². The SMILES string of the molecule is O=C(O)CCCC=CC[C@@H]1[C@@H](C=NN2CCCCC2=O)[C@@H]2CC[C@H]1O2. The second-order valence-electron chi connectivity index (χ2n) is 7.26. The van der Waals surface area contributed by atoms with Crippen molar-refractivity contribution in [3.8, 4) is 0 Å². The Morgan fingerprint density at radius 2 is 2.12 bits per heavy atom. The monoisotopic (exact) mass is 348 g/mol. The number of allylic oxidation sites excluding steroid dienone is 2. The van der Waals surface area contributed by atoms with Gasteiger partial charge in [-0.15, -0.1) is 0 Å². The Balaban J connectivity index is 1.51. The number of aliphatic carboxylic acids is 1. The molecule has 0 aromatic carbocycles. The molecule has 3 aliphatic rings. The van der Waals surface area contributed by atoms with Crippen LogP contribution >= 0.6 is 0 Å². The van der Waals surface area contributed by atoms with Crippen LogP contribution in [0.15, 0.2) is 17.3 Å². The van der Waals surface area contributed by atoms with E-state index >= 15 is 0 Å². The molecule has 3 aliphatic heterocycles. The topological polar surface area (TPSA) is 79.2 Å². The fraction of sp³-hybridized carbons (Fsp3) is 0.737. The molecule has 3 rings (SSSR count). The summed E-state index contributed by atoms with van der Waals surface area (Å²) in [7, 11) is 0. The first-order valence-electron chi connectivity index (χ1n) is 9.52. The summed E-state index contributed by atoms with van der Waals surface area (Å²) < 4.78 is 6.07. The zero-order valence-electron chi connectivity index (χ0n) is 14.7. The Labute approximate surface area is 148 Å². The maximum Gasteiger partial charge on any atom is 0.303 e. The van der Waals surface area contributed by atoms with Gasteiger partial charge in [-0.1, -0.05) is 12.2 Å². The van der Waals surface area contributed by atoms with E-state index in [1.54, 1.807) is 5.01 Å². The van der Waals surface area contributed by atoms with Crippen LogP contribution in [-0.2, 0) is 14.3 Å². The predicted molar refractivity (Wildman–Crippen MR) is 94.2 cm³/mol. The second kappa shape index (κ2) is 8.61. The van der Waals surface area contributed by atoms with Gasteiger partial charge in [0.2, 0.25) is 5.91 Å². The number of fused-ring (bicyclic) bond motifs is 2. The van der Waals surface area contributed by atoms with E-state index in [1.807, 2.05) is 6.21 Å². The highest BCUT2D eigenvalue weighted by molar-refractivity contribution is 5.78. The second-order valence-corrected chi connectivity index (χ2v) is 7.26. The largest absolute Gasteiger partial charge is 0.481 e. The number of carbonyl (C=O) groups excluding carboxylic acids is 1. The Hall–Kier alpha value is -1.69. The third-order valence-electron chi connectivity index (χ3n) is 5.50. The van der Waals surface area contributed by atoms with Gasteiger partial charge in [0.25, 0.3) is 0 Å². The molecule has 3 fully saturated rings. The molecule has 1 N–H and O–H groups in total. The quantitative estimate of drug-likeness (QED) is 0.415. The van der Waals surface area contributed by atoms with E-state index in [0.717, 1.165) is 45.1 Å². The summed E-state index contributed by atoms with van der Waals surface area (Å²) >= 11 is 0. The molecule has 4 atom stereocenters. The number of rotatable bonds is 8. The van der Waals surface area contributed by atoms with Crippen molar-refractivity contribution >= 4 is 18.1 Å². The maximum absolute atomic E-state index is 11.9. The summed E-state index contributed by atoms with van der Waals surface area (Å²) in [6, 6.07) is 0. The molecule has 0 radical (unpaired) electrons. The predicted octanol–water partition coefficient (Wildman–Crippen LogP) is 2.98. The van der Waals surface area contributed by atoms with Crippen molar-refractivity contribution in [1.82, 2.24) is 5.01 Å². The Bertz CT molecular complexity index is 546. The molecule has 138 valence electrons. The molecule has 3 heterocycles. The van der Waals surface area contributed by atoms with Gasteiger partial charge in [-0.3, -0.25) is 9.59 Å². The van der Waals surface area contributed by atoms with Crippen molar-refractivity contribution in [1.29, 1.82) is 0 Å². The summed E-state index contributed by atoms with van der Waals surface area (Å²) in [5.74, 6) is 0.0788. The number of carboxylic acid groups (broad SMARTS) is 1. The van der Waals surface area contributed by atoms with Crippen molar-refractivity contribution in [2.45, 2.75) is 70.0 Å². The third kappa shape index (κ3) is 4.69. The van der Waals surface area contributed by atoms with E-state index in [9.17, 15) is 9.59 Å². The van der Waals surface area contributed by atoms with Gasteiger partial charge in [0.05, 0.1) is 12.2 Å². The number of ether oxygens (including phenoxy) is 1. The summed E-state index contributed by atoms with van der Waals surface area (Å²) in [6.07, 6.45) is 14.1. The van der Waals surface area contributed by atoms with Gasteiger partial charge in [0.15, 0.2) is 0 Å². The van der Waals surface area contributed by atoms with Gasteiger partial charge in [-0.05, 0) is 50.9 Å². The molecule has 3 saturated heterocycles. The van der Waals surface area contributed by atoms with E-state index in [0.29, 0.717) is 24.9 Å². The number of carbonyl (C=O) groups is 2. The number of piperidine rings is 1. The van der Waals surface area contributed by atoms with Crippen molar-refractivity contribution in [3.05, 3.63) is 12.2 Å². The van der Waals surface area contributed by atoms with Crippen LogP contribution < -0.4 is 0 Å². The zero-order valence-corrected chi connectivity index (χ0v) is 14.7. The zero-order chi connectivity index (χ0) is 17.6. The highest BCUT2D eigenvalue weighted by Crippen LogP contribution is 2.44. The van der Waals surface area contributed by atoms with Gasteiger partial charge in [-0.25, -0.2) is 5.01 Å². The molecule has 6 heteroatoms. The van der Waals surface area contributed by atoms with Crippen molar-refractivity contribution in [2.24, 2.45) is 16.9 Å². The van der Waals surface area contributed by atoms with Crippen LogP contribution in [-0.4, -0.2) is 47.0 Å². The summed E-state index contributed by atoms with van der Waals surface area (Å²) in [6.45, 7) is 0.727. The minimum Gasteiger partial charge on any atom is -0.481 e. The Kier molecular flexibility index (Phi) is 6.24. The number of hydrogen-bond acceptors (Lipinski definition) is 4. The first kappa shape index (κ1) is 18.1. The third-order valence-corrected chi connectivity index (χ3v) is 5.50. The van der Waals surface area contributed by atoms with E-state index in [2.05, 4.69) is 17.3 Å². The number of amides is 1. The molecule has 0 aromatic heterocycles. The van der Waals surface area contributed by atoms with E-state index < -0.39 is 5.97 Å². The lowest BCUT2D eigenvalue weighted by atomic mass is 9.78.